The largest absolute Gasteiger partial charge is 0.383 e. The number of ether oxygens (including phenoxy) is 1. The normalized spacial score (nSPS) is 12.7. The Morgan fingerprint density at radius 3 is 2.72 bits per heavy atom. The Morgan fingerprint density at radius 1 is 1.39 bits per heavy atom. The number of nitrogens with one attached hydrogen (secondary N) is 1. The highest BCUT2D eigenvalue weighted by Gasteiger charge is 2.10. The van der Waals surface area contributed by atoms with Gasteiger partial charge in [-0.2, -0.15) is 0 Å². The van der Waals surface area contributed by atoms with Gasteiger partial charge in [-0.3, -0.25) is 9.88 Å². The molecule has 0 bridgehead atoms. The van der Waals surface area contributed by atoms with Gasteiger partial charge in [0.1, 0.15) is 5.82 Å². The smallest absolute Gasteiger partial charge is 0.144 e. The Balaban J connectivity index is 2.47. The third-order valence-corrected chi connectivity index (χ3v) is 2.83. The van der Waals surface area contributed by atoms with Gasteiger partial charge >= 0.3 is 0 Å². The van der Waals surface area contributed by atoms with Crippen molar-refractivity contribution in [1.82, 2.24) is 14.9 Å². The zero-order valence-corrected chi connectivity index (χ0v) is 11.8. The molecular formula is C13H24N4O. The summed E-state index contributed by atoms with van der Waals surface area (Å²) in [5.74, 6) is 0.841. The maximum absolute atomic E-state index is 5.14. The molecule has 0 aliphatic carbocycles. The van der Waals surface area contributed by atoms with Crippen LogP contribution in [0, 0.1) is 0 Å². The number of methoxy groups -OCH3 is 1. The molecule has 5 heteroatoms. The number of anilines is 1. The Kier molecular flexibility index (Phi) is 6.60. The molecule has 1 unspecified atom stereocenters. The quantitative estimate of drug-likeness (QED) is 0.764. The van der Waals surface area contributed by atoms with Crippen LogP contribution in [0.3, 0.4) is 0 Å². The number of hydrogen-bond donors (Lipinski definition) is 1. The van der Waals surface area contributed by atoms with Crippen LogP contribution < -0.4 is 5.32 Å². The second kappa shape index (κ2) is 8.00. The topological polar surface area (TPSA) is 50.3 Å². The van der Waals surface area contributed by atoms with E-state index in [4.69, 9.17) is 4.74 Å². The summed E-state index contributed by atoms with van der Waals surface area (Å²) in [6.07, 6.45) is 4.70. The number of rotatable bonds is 8. The van der Waals surface area contributed by atoms with Crippen LogP contribution in [0.1, 0.15) is 26.0 Å². The zero-order valence-electron chi connectivity index (χ0n) is 11.8. The summed E-state index contributed by atoms with van der Waals surface area (Å²) >= 11 is 0. The van der Waals surface area contributed by atoms with Crippen LogP contribution in [0.4, 0.5) is 5.82 Å². The lowest BCUT2D eigenvalue weighted by Gasteiger charge is -2.23. The molecule has 0 aliphatic heterocycles. The summed E-state index contributed by atoms with van der Waals surface area (Å²) in [6, 6.07) is 0.370. The van der Waals surface area contributed by atoms with Gasteiger partial charge in [-0.15, -0.1) is 0 Å². The molecule has 0 aliphatic rings. The van der Waals surface area contributed by atoms with E-state index >= 15 is 0 Å². The molecule has 0 aromatic carbocycles. The number of hydrogen-bond acceptors (Lipinski definition) is 5. The highest BCUT2D eigenvalue weighted by Crippen LogP contribution is 2.06. The minimum absolute atomic E-state index is 0.370. The summed E-state index contributed by atoms with van der Waals surface area (Å²) in [5, 5.41) is 3.21. The summed E-state index contributed by atoms with van der Waals surface area (Å²) in [4.78, 5) is 11.0. The first kappa shape index (κ1) is 14.9. The Morgan fingerprint density at radius 2 is 2.17 bits per heavy atom. The minimum Gasteiger partial charge on any atom is -0.383 e. The van der Waals surface area contributed by atoms with Crippen molar-refractivity contribution in [3.05, 3.63) is 18.1 Å². The van der Waals surface area contributed by atoms with Crippen LogP contribution in [0.25, 0.3) is 0 Å². The van der Waals surface area contributed by atoms with Crippen molar-refractivity contribution < 1.29 is 4.74 Å². The van der Waals surface area contributed by atoms with Crippen LogP contribution in [0.5, 0.6) is 0 Å². The Labute approximate surface area is 110 Å². The van der Waals surface area contributed by atoms with Gasteiger partial charge in [0.25, 0.3) is 0 Å². The molecule has 1 heterocycles. The molecule has 0 saturated carbocycles. The van der Waals surface area contributed by atoms with Crippen LogP contribution >= 0.6 is 0 Å². The molecule has 102 valence electrons. The third-order valence-electron chi connectivity index (χ3n) is 2.83. The van der Waals surface area contributed by atoms with Crippen molar-refractivity contribution in [2.45, 2.75) is 32.9 Å². The average Bonchev–Trinajstić information content (AvgIpc) is 2.38. The second-order valence-corrected chi connectivity index (χ2v) is 4.54. The molecule has 1 aromatic rings. The average molecular weight is 252 g/mol. The number of aromatic nitrogens is 2. The molecule has 0 fully saturated rings. The number of likely N-dealkylation sites (N-methyl/N-ethyl adjacent to an activating group) is 1. The fourth-order valence-corrected chi connectivity index (χ4v) is 1.56. The maximum atomic E-state index is 5.14. The molecule has 18 heavy (non-hydrogen) atoms. The van der Waals surface area contributed by atoms with E-state index in [0.29, 0.717) is 6.04 Å². The van der Waals surface area contributed by atoms with Gasteiger partial charge in [-0.05, 0) is 20.4 Å². The van der Waals surface area contributed by atoms with Gasteiger partial charge in [0.05, 0.1) is 24.7 Å². The summed E-state index contributed by atoms with van der Waals surface area (Å²) in [5.41, 5.74) is 0.975. The van der Waals surface area contributed by atoms with Gasteiger partial charge in [0.2, 0.25) is 0 Å². The van der Waals surface area contributed by atoms with Crippen LogP contribution in [-0.2, 0) is 11.3 Å². The lowest BCUT2D eigenvalue weighted by Crippen LogP contribution is -2.32. The first-order valence-corrected chi connectivity index (χ1v) is 6.41. The minimum atomic E-state index is 0.370. The maximum Gasteiger partial charge on any atom is 0.144 e. The summed E-state index contributed by atoms with van der Waals surface area (Å²) in [6.45, 7) is 6.69. The molecule has 5 nitrogen and oxygen atoms in total. The molecule has 0 spiro atoms. The zero-order chi connectivity index (χ0) is 13.4. The van der Waals surface area contributed by atoms with Crippen LogP contribution in [0.2, 0.25) is 0 Å². The van der Waals surface area contributed by atoms with Crippen molar-refractivity contribution in [2.75, 3.05) is 32.6 Å². The first-order valence-electron chi connectivity index (χ1n) is 6.41. The van der Waals surface area contributed by atoms with Gasteiger partial charge in [0.15, 0.2) is 0 Å². The van der Waals surface area contributed by atoms with E-state index in [1.807, 2.05) is 6.20 Å². The molecule has 1 atom stereocenters. The fourth-order valence-electron chi connectivity index (χ4n) is 1.56. The van der Waals surface area contributed by atoms with Crippen molar-refractivity contribution in [1.29, 1.82) is 0 Å². The summed E-state index contributed by atoms with van der Waals surface area (Å²) < 4.78 is 5.14. The molecule has 0 amide bonds. The van der Waals surface area contributed by atoms with E-state index in [2.05, 4.69) is 41.1 Å². The molecule has 1 aromatic heterocycles. The molecule has 1 rings (SSSR count). The molecule has 1 N–H and O–H groups in total. The van der Waals surface area contributed by atoms with Crippen LogP contribution in [-0.4, -0.2) is 48.2 Å². The predicted molar refractivity (Wildman–Crippen MR) is 73.6 cm³/mol. The van der Waals surface area contributed by atoms with Gasteiger partial charge in [-0.25, -0.2) is 4.98 Å². The highest BCUT2D eigenvalue weighted by molar-refractivity contribution is 5.30. The van der Waals surface area contributed by atoms with E-state index < -0.39 is 0 Å². The summed E-state index contributed by atoms with van der Waals surface area (Å²) in [7, 11) is 3.78. The second-order valence-electron chi connectivity index (χ2n) is 4.54. The standard InChI is InChI=1S/C13H24N4O/c1-5-6-14-13-8-15-12(7-16-13)9-17(3)11(2)10-18-4/h7-8,11H,5-6,9-10H2,1-4H3,(H,14,16). The van der Waals surface area contributed by atoms with Gasteiger partial charge in [-0.1, -0.05) is 6.92 Å². The Hall–Kier alpha value is -1.20. The highest BCUT2D eigenvalue weighted by atomic mass is 16.5. The molecule has 0 radical (unpaired) electrons. The van der Waals surface area contributed by atoms with Crippen molar-refractivity contribution >= 4 is 5.82 Å². The van der Waals surface area contributed by atoms with E-state index in [-0.39, 0.29) is 0 Å². The molecular weight excluding hydrogens is 228 g/mol. The van der Waals surface area contributed by atoms with E-state index in [1.165, 1.54) is 0 Å². The van der Waals surface area contributed by atoms with Crippen molar-refractivity contribution in [2.24, 2.45) is 0 Å². The van der Waals surface area contributed by atoms with Crippen LogP contribution in [0.15, 0.2) is 12.4 Å². The lowest BCUT2D eigenvalue weighted by molar-refractivity contribution is 0.111. The lowest BCUT2D eigenvalue weighted by atomic mass is 10.3. The number of nitrogens with zero attached hydrogens (tertiary/aromatic N) is 3. The monoisotopic (exact) mass is 252 g/mol. The predicted octanol–water partition coefficient (Wildman–Crippen LogP) is 1.77. The van der Waals surface area contributed by atoms with E-state index in [9.17, 15) is 0 Å². The SMILES string of the molecule is CCCNc1cnc(CN(C)C(C)COC)cn1. The van der Waals surface area contributed by atoms with E-state index in [0.717, 1.165) is 37.6 Å². The molecule has 0 saturated heterocycles. The van der Waals surface area contributed by atoms with Crippen molar-refractivity contribution in [3.63, 3.8) is 0 Å². The van der Waals surface area contributed by atoms with Crippen molar-refractivity contribution in [3.8, 4) is 0 Å². The van der Waals surface area contributed by atoms with Gasteiger partial charge < -0.3 is 10.1 Å². The Bertz CT molecular complexity index is 328. The first-order chi connectivity index (χ1) is 8.67. The fraction of sp³-hybridized carbons (Fsp3) is 0.692. The third kappa shape index (κ3) is 4.98. The van der Waals surface area contributed by atoms with Gasteiger partial charge in [0, 0.05) is 26.2 Å². The van der Waals surface area contributed by atoms with E-state index in [1.54, 1.807) is 13.3 Å².